The van der Waals surface area contributed by atoms with Crippen LogP contribution in [0.4, 0.5) is 0 Å². The maximum atomic E-state index is 14.4. The first kappa shape index (κ1) is 35.0. The predicted molar refractivity (Wildman–Crippen MR) is 1040 cm³/mol. The number of hydrogen-bond acceptors (Lipinski definition) is 6. The van der Waals surface area contributed by atoms with Crippen molar-refractivity contribution in [2.45, 2.75) is 151 Å². The van der Waals surface area contributed by atoms with Gasteiger partial charge in [0.25, 0.3) is 0 Å². The summed E-state index contributed by atoms with van der Waals surface area (Å²) >= 11 is 1.81. The van der Waals surface area contributed by atoms with E-state index in [-0.39, 0.29) is 623 Å². The van der Waals surface area contributed by atoms with E-state index >= 15 is 0 Å². The Balaban J connectivity index is -0.000000000162. The average molecular weight is 1470 g/mol. The largest absolute Gasteiger partial charge is 0.461 e. The van der Waals surface area contributed by atoms with E-state index in [9.17, 15) is 9.59 Å². The maximum Gasteiger partial charge on any atom is 0.316 e. The molecule has 2 aliphatic heterocycles. The Labute approximate surface area is 887 Å². The highest BCUT2D eigenvalue weighted by atomic mass is 32.2. The molecule has 0 aromatic heterocycles. The number of Topliss-reactive ketones (excluding diaryl/α,β-unsaturated/α-hetero) is 1. The molecule has 46 heavy (non-hydrogen) atoms. The number of ketones is 1. The molecule has 5 aliphatic rings. The van der Waals surface area contributed by atoms with Gasteiger partial charge in [-0.3, -0.25) is 14.5 Å². The first-order valence-corrected chi connectivity index (χ1v) is 19.9. The minimum atomic E-state index is -0.553. The Hall–Kier alpha value is -0.850. The second-order valence-corrected chi connectivity index (χ2v) is 19.2. The molecule has 0 spiro atoms. The van der Waals surface area contributed by atoms with E-state index in [1.807, 2.05) is 18.7 Å². The molecule has 3 aliphatic carbocycles. The first-order valence-electron chi connectivity index (χ1n) is 19.3. The number of hydrogen-bond donors (Lipinski definition) is 1. The smallest absolute Gasteiger partial charge is 0.316 e. The molecule has 1 N–H and O–H groups in total. The van der Waals surface area contributed by atoms with Crippen molar-refractivity contribution in [3.05, 3.63) is 12.2 Å². The van der Waals surface area contributed by atoms with Crippen molar-refractivity contribution in [1.29, 1.82) is 1.43 Å². The van der Waals surface area contributed by atoms with Crippen LogP contribution in [0.2, 0.25) is 0 Å². The van der Waals surface area contributed by atoms with Gasteiger partial charge in [-0.25, -0.2) is 0 Å². The number of ether oxygens (including phenoxy) is 1. The van der Waals surface area contributed by atoms with Crippen molar-refractivity contribution in [3.8, 4) is 0 Å². The molecule has 6 heteroatoms. The Morgan fingerprint density at radius 3 is 2.46 bits per heavy atom. The number of esters is 1. The summed E-state index contributed by atoms with van der Waals surface area (Å²) in [6.07, 6.45) is 9.14. The fourth-order valence-corrected chi connectivity index (χ4v) is 14.4. The van der Waals surface area contributed by atoms with E-state index < -0.39 is 23.0 Å². The fraction of sp³-hybridized carbons (Fsp3) is 0.900. The molecule has 0 radical (unpaired) electrons. The van der Waals surface area contributed by atoms with Crippen molar-refractivity contribution in [1.82, 2.24) is 4.90 Å². The summed E-state index contributed by atoms with van der Waals surface area (Å²) in [5.74, 6) is 1.44. The lowest BCUT2D eigenvalue weighted by Crippen LogP contribution is -2.69. The van der Waals surface area contributed by atoms with Crippen LogP contribution < -0.4 is 0 Å². The van der Waals surface area contributed by atoms with Gasteiger partial charge in [-0.1, -0.05) is 88.3 Å². The number of aliphatic hydroxyl groups is 1. The summed E-state index contributed by atoms with van der Waals surface area (Å²) in [5, 5.41) is 6.19. The van der Waals surface area contributed by atoms with Gasteiger partial charge in [0.05, 0.1) is 11.9 Å². The average Bonchev–Trinajstić information content (AvgIpc) is 3.45. The zero-order valence-corrected chi connectivity index (χ0v) is 32.0. The van der Waals surface area contributed by atoms with Crippen LogP contribution in [-0.2, 0) is 14.3 Å². The zero-order chi connectivity index (χ0) is 34.9. The van der Waals surface area contributed by atoms with E-state index in [0.717, 1.165) is 32.2 Å². The third-order valence-corrected chi connectivity index (χ3v) is 16.5. The number of piperidine rings is 1. The van der Waals surface area contributed by atoms with E-state index in [4.69, 9.17) is 11.3 Å². The molecule has 1070 valence electrons. The molecule has 5 rings (SSSR count). The molecular weight excluding hydrogens is 591 g/mol. The molecule has 2 heterocycles. The van der Waals surface area contributed by atoms with Crippen LogP contribution in [0.3, 0.4) is 0 Å². The third-order valence-electron chi connectivity index (χ3n) is 15.0. The Morgan fingerprint density at radius 2 is 1.87 bits per heavy atom. The quantitative estimate of drug-likeness (QED) is 0.183. The summed E-state index contributed by atoms with van der Waals surface area (Å²) in [6, 6.07) is 1.12. The second kappa shape index (κ2) is 12.8. The normalized spacial score (nSPS) is 47.6. The second-order valence-electron chi connectivity index (χ2n) is 18.0. The Morgan fingerprint density at radius 1 is 1.17 bits per heavy atom. The first-order chi connectivity index (χ1) is 22.0. The number of carbonyl (C=O) groups excluding carboxylic acids is 2. The van der Waals surface area contributed by atoms with Gasteiger partial charge in [-0.05, 0) is 86.0 Å². The van der Waals surface area contributed by atoms with E-state index in [1.165, 1.54) is 6.42 Å². The van der Waals surface area contributed by atoms with Crippen LogP contribution in [0, 0.1) is 63.1 Å². The van der Waals surface area contributed by atoms with Crippen LogP contribution in [-0.4, -0.2) is 65.0 Å². The highest BCUT2D eigenvalue weighted by Gasteiger charge is 2.73. The van der Waals surface area contributed by atoms with Gasteiger partial charge >= 0.3 is 5.97 Å². The van der Waals surface area contributed by atoms with Gasteiger partial charge in [-0.2, -0.15) is 0 Å². The van der Waals surface area contributed by atoms with Crippen molar-refractivity contribution in [2.75, 3.05) is 12.3 Å². The van der Waals surface area contributed by atoms with E-state index in [1.54, 1.807) is 0 Å². The van der Waals surface area contributed by atoms with Gasteiger partial charge in [0.1, 0.15) is 11.9 Å². The summed E-state index contributed by atoms with van der Waals surface area (Å²) in [7, 11) is 0. The van der Waals surface area contributed by atoms with Crippen molar-refractivity contribution < 1.29 is 596 Å². The molecule has 2 saturated heterocycles. The lowest BCUT2D eigenvalue weighted by Gasteiger charge is -2.67. The zero-order valence-electron chi connectivity index (χ0n) is 32.2. The molecule has 5 fully saturated rings. The van der Waals surface area contributed by atoms with E-state index in [0.29, 0.717) is 47.1 Å². The number of allylic oxidation sites excluding steroid dienone is 1. The minimum absolute atomic E-state index is 0. The van der Waals surface area contributed by atoms with Crippen LogP contribution in [0.15, 0.2) is 12.2 Å². The Kier molecular flexibility index (Phi) is 9.73. The predicted octanol–water partition coefficient (Wildman–Crippen LogP) is 108. The van der Waals surface area contributed by atoms with Gasteiger partial charge in [0, 0.05) is 623 Å². The molecule has 0 aromatic rings. The lowest BCUT2D eigenvalue weighted by molar-refractivity contribution is -0.246. The van der Waals surface area contributed by atoms with Crippen LogP contribution >= 0.6 is 11.8 Å². The van der Waals surface area contributed by atoms with Crippen LogP contribution in [0.1, 0.15) is 698 Å². The topological polar surface area (TPSA) is 66.8 Å². The van der Waals surface area contributed by atoms with Gasteiger partial charge < -0.3 is 9.85 Å². The summed E-state index contributed by atoms with van der Waals surface area (Å²) in [5.41, 5.74) is -1.03. The third kappa shape index (κ3) is 5.22. The van der Waals surface area contributed by atoms with Crippen LogP contribution in [0.5, 0.6) is 0 Å². The highest BCUT2D eigenvalue weighted by molar-refractivity contribution is 8.00. The number of thioether (sulfide) groups is 1. The van der Waals surface area contributed by atoms with Gasteiger partial charge in [-0.15, -0.1) is 11.8 Å². The molecule has 4 bridgehead atoms. The SMILES string of the molecule is [2H]O[C@H]1[C@H](C)C23CCC(=O)C2C(C(C)C)(C(C(C)C)CC3)[C@H](OC(=O)CS[C@H]2C[C@@H]3CC(C)(C)[C@H](C2C)N3CC)C(C)[C@@]1(C)/C=C\C.[HH].[HH].[HH].[HH].[HH].[HH].[HH].[HH].[HH].[HH].[HH].[HH].[HH].[HH].[HH].[HH].[HH].[HH].[HH].[HH].[HH].[HH].[HH].[HH].[HH].[HH].[HH].[HH].[HH].[HH].[HH].[HH].[HH].[HH].[HH].[HH].[HH].[HH].[HH].[HH].[HH].[HH].[HH].[HH].[HH].[HH].[HH].[HH].[HH].[HH].[HH].[HH].[HH].[HH].[HH].[HH].[HH].[HH].[HH].[HH].[HH].[HH].[HH].[HH].[HH].[HH].[HH].[HH].[HH].[HH].[HH].[HH].[HH].[HH].[HH].[HH].[HH].[HH].[HH].[HH].[HH].[HH].[HH].[HH].[HH].[HH].[HH].[HH].[HH].[HH].[HH].[HH].[HH].[HH].[HH].[HH].[HH].[HH].[HH].[HH].[HH].[HH].[HH].[HH].[HH].[HH].[HH].[HH].[HH].[HH].[HH].[HH].[HH].[HH].[HH].[HH].[HH].[HH].[HH].[HH].[HH].[HH].[HH].[HH].[HH].[HH].[HH].[HH].[HH].[HH].[HH].[HH].[HH].[HH].[HH].[HH].[HH].[HH].[HH].[HH].[HH].[HH].[HH].[HH].[HH].[HH].[HH].[HH].[HH].[HH].[HH].[HH].[HH].[HH].[HH].[HH].[HH].[HH].[HH].[HH].[HH].[HH].[HH].[HH].[HH].[HH].[HH].[HH].[HH].[HH].[HH].[HH].[HH].[HH].[HH].[HH].[HH].[HH].[HH].[HH].[HH].[HH].[HH].[HH].[HH].[HH].[HH].[HH].[HH].[HH].[HH].[HH].[HH].[HH].[HH].[HH].[HH].[HH].[HH].[HH].[HH].[HH].[HH].[HH].[HH].[HH].[HH].[HH].[HH].[HH].[HH].[HH].[HH].[HH].[HH].[HH].[HH].[HH].[HH].[HH].[HH].[HH].[HH].[HH].[HH].[HH].[HH].[HH].[HH].[HH].[HH].[HH].[HH].[HH].[HH].[HH].[HH].[HH].[HH].[HH].[HH].[HH].[HH].[HH].[HH].[HH].[HH].[HH].[HH].[HH].[HH].[HH].[HH].[HH].[HH].[HH].[HH].[HH].[HH].[HH].[HH].[HH].[HH].[HH].[HH].[HH].[HH].[HH].[HH].[HH].[HH].[HH].[HH].[HH].[HH].[HH].[HH].[HH].[HH].[HH].[HH].[HH].[HH].[HH].[HH].[HH].[HH].[HH].[HH].[HH].[HH].[HH].[HH].[HH].[HH].[HH].[HH].[HH].[HH].[HH].[HH].[HH].[HH].[HH].[HH].[HH].[HH].[HH].[HH].[HH].[HH].[HH].[HH].[HH].[HH].[HH].[HH].[HH].[HH].[HH].[HH].[HH].[HH].[HH].[HH].[HH].[HH].[HH].[HH].[HH].[HH].[HH].[HH].[HH].[HH].[HH].[HH].[HH].[HH].[HH].[HH].[HH].[HH].[HH].[HH].[HH].[HH].[HH].[HH].[HH].[HH].[HH].[HH].[HH].[HH].[HH].[HH].[HH].[HH].[HH].[HH].[HH].[HH].[HH].[HH].[HH].[HH].[HH].[HH].[HH].[HH].[HH].[HH].[HH].[HH].[HH].[HH].[HH].[HH].[HH].[HH].[HH].[HH].[HH].[HH].[HH].[HH].[HH].[HH].[HH].[HH].[HH].[HH].[HH].[HH].[HH].[HH].[HH].[HH].[HH].[HH].[HH].[HH].[HH]. The summed E-state index contributed by atoms with van der Waals surface area (Å²) in [6.45, 7) is 28.5. The lowest BCUT2D eigenvalue weighted by atomic mass is 9.38. The number of rotatable bonds is 9. The number of nitrogens with zero attached hydrogens (tertiary/aromatic N) is 1. The van der Waals surface area contributed by atoms with Crippen molar-refractivity contribution >= 4 is 23.5 Å². The number of aliphatic hydroxyl groups excluding tert-OH is 1. The minimum Gasteiger partial charge on any atom is -0.461 e. The molecule has 6 unspecified atom stereocenters. The molecule has 3 saturated carbocycles. The van der Waals surface area contributed by atoms with Crippen LogP contribution in [0.25, 0.3) is 0 Å². The van der Waals surface area contributed by atoms with Gasteiger partial charge in [0.15, 0.2) is 0 Å². The van der Waals surface area contributed by atoms with E-state index in [2.05, 4.69) is 93.2 Å². The van der Waals surface area contributed by atoms with Gasteiger partial charge in [0.2, 0.25) is 1.43 Å². The molecule has 13 atom stereocenters. The Bertz CT molecular complexity index is 1410. The standard InChI is InChI=1S/C40H67NO4S.404H2/c1-13-17-38(12)27(9)36(45-32(43)22-46-31-20-28-21-37(10,11)34(25(31)7)41(28)14-2)40(24(5)6)29(23(3)4)15-18-39(26(8)35(38)44)19-16-30(42)33(39)40;;;;;;;;;;;;;;;;;;;;;;;;;;;;;;;;;;;;;;;;;;;;;;;;;;;;;;;;;;;;;;;;;;;;;;;;;;;;;;;;;;;;;;;;;;;;;;;;;;;;;;;;;;;;;;;;;;;;;;;;;;;;;;;;;;;;;;;;;;;;;;;;;;;;;;;;;;;;;;;;;;;;;;;;;;;;;;;;;;;;;;;;;;;;;;;;;;;;;;;;;;;;;;;;;;;;;;;;;;;;;;;;;;;;;;;;;;;;;;;;;;;;;;;;;;;;;;;;;;;;;;;;;;;;;;;;;;;;;;;;;;;;;;;;;;;;;;;;;;;;;;;;;;;;;;;;;;;;;;;;;;;;;;;;;;;;;;;;;;;;;;;;;;;;;;;;;;;;;;;;;;;;;;;;;;;;;;;;;;;;;;;;;;;;;;;;;;;;;;;;;;;;/h13,17,23-29,31,33-36,44H,14-16,18-22H2,1-12H3;404*1H/b17-13-;;;;;;;;;;;;;;;;;;;;;;;;;;;;;;;;;;;;;;;;;;;;;;;;;;;;;;;;;;;;;;;;;;;;;;;;;;;;;;;;;;;;;;;;;;;;;;;;;;;;;;;;;;;;;;;;;;;;;;;;;;;;;;;;;;;;;;;;;;;;;;;;;;;;;;;;;;;;;;;;;;;;;;;;;;;;;;;;;;;;;;;;;;;;;;;;;;;;;;;;;;;;;;;;;;;;;;;;;;;;;;;;;;;;;;;;;;;;;;;;;;;;;;;;;;;;;;;;;;;;;;;;;;;;;;;;;;;;;;;;;;;;;;;;;;;;;;;;;;;;;;;;;;;;;;;;;;;;;;;;;;;;;;;;;;;;;;;;;;;;;;;;;;;;;;;;;;;;;;;;;;;;;;;;;;;;;;;;;;;;;;;;;;;;;;;;;;;;;;;;;;;;/t25?,26-,27?,28+,29?,31-,33?,34-,35-,36+,38+,39?,40?;;;;;;;;;;;;;;;;;;;;;;;;;;;;;;;;;;;;;;;;;;;;;;;;;;;;;;;;;;;;;;;;;;;;;;;;;;;;;;;;;;;;;;;;;;;;;;;;;;;;;;;;;;;;;;;;;;;;;;;;;;;;;;;;;;;;;;;;;;;;;;;;;;;;;;;;;;;;;;;;;;;;;;;;;;;;;;;;;;;;;;;;;;;;;;;;;;;;;;;;;;;;;;;;;;;;;;;;;;;;;;;;;;;;;;;;;;;;;;;;;;;;;;;;;;;;;;;;;;;;;;;;;;;;;;;;;;;;;;;;;;;;;;;;;;;;;;;;;;;;;;;;;;;;;;;;;;;;;;;;;;;;;;;;;;;;;;;;;;;;;;;;;;;;;;;;;;;;;;;;;;;;;;;;;;;;;;;;;;;;;;;;;;;;;;;;;;;;;;;;;;;;/m0..................................................................................................................................................................................................................................................................................................................................................................................................................../s1/i44D;;;;;;;;;;;;;;;;;;;;;;;;;;;;;;;;;;;;;;;;;;;;;;;;;;;;;;;;;;;;;;;;;;;;;;;;;;;;;;;;;;;;;;;;;;;;;;;;;;;;;;;;;;;;;;;;;;;;;;;;;;;;;;;;;;;;;;;;;;;;;;;;;;;;;;;;;;;;;;;;;;;;;;;;;;;;;;;;;;;;;;;;;;;;;;;;;;;;;;;;;;;;;;;;;;;;;;;;;;;;;;;;;;;;;;;;;;;;;;;;;;;;;;;;;;;;;;;;;;;;;;;;;;;;;;;;;;;;;;;;;;;;;;;;;;;;;;;;;;;;;;;;;;;;;;;;;;;;;;;;;;;;;;;;;;;;;;;;;;;;;;;;;;;;;;;;;;;;;;;;;;;;;;;;;;;;;;;;;;;;;;;;;;;;;;;;;;;;;;;;;;;;. The van der Waals surface area contributed by atoms with Crippen molar-refractivity contribution in [2.24, 2.45) is 63.1 Å². The maximum absolute atomic E-state index is 14.4. The highest BCUT2D eigenvalue weighted by Crippen LogP contribution is 2.72. The number of fused-ring (bicyclic) bond motifs is 2. The monoisotopic (exact) mass is 1470 g/mol. The van der Waals surface area contributed by atoms with Crippen molar-refractivity contribution in [3.63, 3.8) is 0 Å². The molecule has 0 amide bonds. The number of carbonyl (C=O) groups is 2. The summed E-state index contributed by atoms with van der Waals surface area (Å²) in [4.78, 5) is 31.5. The molecule has 5 nitrogen and oxygen atoms in total. The molecular formula is C40H875NO4S. The summed E-state index contributed by atoms with van der Waals surface area (Å²) < 4.78 is 15.5. The fourth-order valence-electron chi connectivity index (χ4n) is 13.1. The molecule has 0 aromatic carbocycles.